The number of rotatable bonds is 3. The molecule has 0 unspecified atom stereocenters. The molecule has 0 bridgehead atoms. The number of nitrogens with one attached hydrogen (secondary N) is 1. The van der Waals surface area contributed by atoms with Crippen LogP contribution >= 0.6 is 22.6 Å². The normalized spacial score (nSPS) is 9.39. The van der Waals surface area contributed by atoms with Gasteiger partial charge in [-0.05, 0) is 40.8 Å². The van der Waals surface area contributed by atoms with Crippen LogP contribution in [0.1, 0.15) is 10.4 Å². The highest BCUT2D eigenvalue weighted by Gasteiger charge is 2.10. The van der Waals surface area contributed by atoms with E-state index in [1.54, 1.807) is 13.1 Å². The number of benzene rings is 1. The van der Waals surface area contributed by atoms with Gasteiger partial charge in [-0.1, -0.05) is 5.92 Å². The number of carbonyl (C=O) groups excluding carboxylic acids is 1. The predicted molar refractivity (Wildman–Crippen MR) is 76.6 cm³/mol. The van der Waals surface area contributed by atoms with E-state index in [0.717, 1.165) is 3.57 Å². The highest BCUT2D eigenvalue weighted by Crippen LogP contribution is 2.17. The van der Waals surface area contributed by atoms with Crippen molar-refractivity contribution >= 4 is 40.3 Å². The molecular formula is C12H11IN2O3. The van der Waals surface area contributed by atoms with Crippen molar-refractivity contribution in [1.82, 2.24) is 4.90 Å². The summed E-state index contributed by atoms with van der Waals surface area (Å²) in [5.41, 5.74) is 0.546. The quantitative estimate of drug-likeness (QED) is 0.642. The number of aromatic carboxylic acids is 1. The van der Waals surface area contributed by atoms with Crippen LogP contribution in [0.3, 0.4) is 0 Å². The van der Waals surface area contributed by atoms with Crippen LogP contribution in [0, 0.1) is 15.9 Å². The molecule has 0 aliphatic carbocycles. The maximum absolute atomic E-state index is 11.7. The first-order chi connectivity index (χ1) is 8.43. The number of terminal acetylenes is 1. The van der Waals surface area contributed by atoms with Crippen molar-refractivity contribution in [2.75, 3.05) is 18.9 Å². The summed E-state index contributed by atoms with van der Waals surface area (Å²) in [4.78, 5) is 23.9. The fraction of sp³-hybridized carbons (Fsp3) is 0.167. The first-order valence-corrected chi connectivity index (χ1v) is 6.01. The highest BCUT2D eigenvalue weighted by molar-refractivity contribution is 14.1. The van der Waals surface area contributed by atoms with E-state index in [1.807, 2.05) is 22.6 Å². The van der Waals surface area contributed by atoms with Gasteiger partial charge in [0.15, 0.2) is 0 Å². The van der Waals surface area contributed by atoms with E-state index in [9.17, 15) is 9.59 Å². The summed E-state index contributed by atoms with van der Waals surface area (Å²) in [7, 11) is 1.56. The number of urea groups is 1. The Bertz CT molecular complexity index is 523. The molecule has 1 aromatic rings. The van der Waals surface area contributed by atoms with Crippen LogP contribution in [0.2, 0.25) is 0 Å². The minimum absolute atomic E-state index is 0.122. The molecule has 2 amide bonds. The lowest BCUT2D eigenvalue weighted by atomic mass is 10.2. The molecule has 6 heteroatoms. The Morgan fingerprint density at radius 3 is 2.72 bits per heavy atom. The van der Waals surface area contributed by atoms with E-state index in [1.165, 1.54) is 17.0 Å². The van der Waals surface area contributed by atoms with E-state index in [2.05, 4.69) is 11.2 Å². The Labute approximate surface area is 118 Å². The second-order valence-corrected chi connectivity index (χ2v) is 4.77. The molecule has 0 atom stereocenters. The number of hydrogen-bond donors (Lipinski definition) is 2. The van der Waals surface area contributed by atoms with Crippen LogP contribution in [0.15, 0.2) is 18.2 Å². The lowest BCUT2D eigenvalue weighted by Gasteiger charge is -2.15. The summed E-state index contributed by atoms with van der Waals surface area (Å²) in [6, 6.07) is 4.20. The van der Waals surface area contributed by atoms with Gasteiger partial charge in [0.2, 0.25) is 0 Å². The van der Waals surface area contributed by atoms with Crippen LogP contribution in [0.25, 0.3) is 0 Å². The highest BCUT2D eigenvalue weighted by atomic mass is 127. The molecule has 0 spiro atoms. The Morgan fingerprint density at radius 2 is 2.17 bits per heavy atom. The van der Waals surface area contributed by atoms with E-state index in [4.69, 9.17) is 11.5 Å². The molecule has 0 heterocycles. The maximum atomic E-state index is 11.7. The first kappa shape index (κ1) is 14.3. The largest absolute Gasteiger partial charge is 0.478 e. The van der Waals surface area contributed by atoms with Gasteiger partial charge in [-0.3, -0.25) is 0 Å². The van der Waals surface area contributed by atoms with Gasteiger partial charge >= 0.3 is 12.0 Å². The van der Waals surface area contributed by atoms with E-state index < -0.39 is 5.97 Å². The van der Waals surface area contributed by atoms with Gasteiger partial charge in [0.1, 0.15) is 0 Å². The van der Waals surface area contributed by atoms with Crippen molar-refractivity contribution in [2.45, 2.75) is 0 Å². The van der Waals surface area contributed by atoms with E-state index in [-0.39, 0.29) is 18.1 Å². The molecule has 0 saturated heterocycles. The van der Waals surface area contributed by atoms with Crippen LogP contribution in [0.5, 0.6) is 0 Å². The van der Waals surface area contributed by atoms with Crippen molar-refractivity contribution in [3.63, 3.8) is 0 Å². The molecule has 0 fully saturated rings. The summed E-state index contributed by atoms with van der Waals surface area (Å²) < 4.78 is 0.724. The fourth-order valence-corrected chi connectivity index (χ4v) is 1.88. The minimum Gasteiger partial charge on any atom is -0.478 e. The molecule has 0 aliphatic heterocycles. The number of anilines is 1. The second kappa shape index (κ2) is 6.26. The van der Waals surface area contributed by atoms with Gasteiger partial charge in [-0.15, -0.1) is 6.42 Å². The van der Waals surface area contributed by atoms with E-state index >= 15 is 0 Å². The Balaban J connectivity index is 2.88. The van der Waals surface area contributed by atoms with Crippen LogP contribution in [-0.4, -0.2) is 35.6 Å². The van der Waals surface area contributed by atoms with Crippen LogP contribution < -0.4 is 5.32 Å². The average molecular weight is 358 g/mol. The van der Waals surface area contributed by atoms with Crippen molar-refractivity contribution in [2.24, 2.45) is 0 Å². The fourth-order valence-electron chi connectivity index (χ4n) is 1.21. The molecule has 0 aliphatic rings. The summed E-state index contributed by atoms with van der Waals surface area (Å²) >= 11 is 1.98. The Kier molecular flexibility index (Phi) is 4.97. The van der Waals surface area contributed by atoms with Crippen molar-refractivity contribution in [3.05, 3.63) is 27.3 Å². The number of carboxylic acid groups (broad SMARTS) is 1. The van der Waals surface area contributed by atoms with Gasteiger partial charge < -0.3 is 15.3 Å². The molecule has 0 aromatic heterocycles. The molecule has 18 heavy (non-hydrogen) atoms. The molecule has 0 radical (unpaired) electrons. The molecule has 0 saturated carbocycles. The van der Waals surface area contributed by atoms with Gasteiger partial charge in [-0.2, -0.15) is 0 Å². The third kappa shape index (κ3) is 3.92. The monoisotopic (exact) mass is 358 g/mol. The second-order valence-electron chi connectivity index (χ2n) is 3.52. The Morgan fingerprint density at radius 1 is 1.50 bits per heavy atom. The minimum atomic E-state index is -1.04. The predicted octanol–water partition coefficient (Wildman–Crippen LogP) is 2.09. The first-order valence-electron chi connectivity index (χ1n) is 4.93. The molecule has 2 N–H and O–H groups in total. The third-order valence-electron chi connectivity index (χ3n) is 2.07. The smallest absolute Gasteiger partial charge is 0.335 e. The summed E-state index contributed by atoms with van der Waals surface area (Å²) in [5.74, 6) is 1.30. The van der Waals surface area contributed by atoms with E-state index in [0.29, 0.717) is 5.69 Å². The standard InChI is InChI=1S/C12H11IN2O3/c1-3-4-15(2)12(18)14-10-6-8(11(16)17)5-9(13)7-10/h1,5-7H,4H2,2H3,(H,14,18)(H,16,17). The molecule has 94 valence electrons. The van der Waals surface area contributed by atoms with Crippen molar-refractivity contribution < 1.29 is 14.7 Å². The summed E-state index contributed by atoms with van der Waals surface area (Å²) in [6.45, 7) is 0.182. The van der Waals surface area contributed by atoms with Gasteiger partial charge in [-0.25, -0.2) is 9.59 Å². The maximum Gasteiger partial charge on any atom is 0.335 e. The molecular weight excluding hydrogens is 347 g/mol. The topological polar surface area (TPSA) is 69.6 Å². The zero-order valence-corrected chi connectivity index (χ0v) is 11.8. The van der Waals surface area contributed by atoms with Gasteiger partial charge in [0, 0.05) is 16.3 Å². The summed E-state index contributed by atoms with van der Waals surface area (Å²) in [5, 5.41) is 11.5. The number of hydrogen-bond acceptors (Lipinski definition) is 2. The molecule has 1 rings (SSSR count). The number of nitrogens with zero attached hydrogens (tertiary/aromatic N) is 1. The van der Waals surface area contributed by atoms with Gasteiger partial charge in [0.25, 0.3) is 0 Å². The Hall–Kier alpha value is -1.75. The number of amides is 2. The molecule has 5 nitrogen and oxygen atoms in total. The van der Waals surface area contributed by atoms with Crippen molar-refractivity contribution in [1.29, 1.82) is 0 Å². The number of carboxylic acids is 1. The number of halogens is 1. The van der Waals surface area contributed by atoms with Gasteiger partial charge in [0.05, 0.1) is 12.1 Å². The molecule has 1 aromatic carbocycles. The van der Waals surface area contributed by atoms with Crippen molar-refractivity contribution in [3.8, 4) is 12.3 Å². The zero-order chi connectivity index (χ0) is 13.7. The lowest BCUT2D eigenvalue weighted by molar-refractivity contribution is 0.0697. The third-order valence-corrected chi connectivity index (χ3v) is 2.69. The SMILES string of the molecule is C#CCN(C)C(=O)Nc1cc(I)cc(C(=O)O)c1. The summed E-state index contributed by atoms with van der Waals surface area (Å²) in [6.07, 6.45) is 5.10. The number of carbonyl (C=O) groups is 2. The van der Waals surface area contributed by atoms with Crippen LogP contribution in [-0.2, 0) is 0 Å². The zero-order valence-electron chi connectivity index (χ0n) is 9.61. The lowest BCUT2D eigenvalue weighted by Crippen LogP contribution is -2.31. The van der Waals surface area contributed by atoms with Crippen LogP contribution in [0.4, 0.5) is 10.5 Å². The average Bonchev–Trinajstić information content (AvgIpc) is 2.28.